The van der Waals surface area contributed by atoms with Crippen LogP contribution in [0.15, 0.2) is 36.7 Å². The van der Waals surface area contributed by atoms with E-state index in [1.165, 1.54) is 13.2 Å². The second-order valence-corrected chi connectivity index (χ2v) is 8.56. The van der Waals surface area contributed by atoms with Crippen LogP contribution in [0, 0.1) is 11.8 Å². The van der Waals surface area contributed by atoms with E-state index in [0.717, 1.165) is 4.90 Å². The first kappa shape index (κ1) is 25.6. The van der Waals surface area contributed by atoms with Gasteiger partial charge in [-0.2, -0.15) is 13.2 Å². The van der Waals surface area contributed by atoms with Crippen LogP contribution in [0.2, 0.25) is 0 Å². The number of aromatic nitrogens is 3. The first-order chi connectivity index (χ1) is 17.3. The fourth-order valence-corrected chi connectivity index (χ4v) is 3.79. The van der Waals surface area contributed by atoms with Gasteiger partial charge in [0.05, 0.1) is 35.5 Å². The number of pyridine rings is 1. The molecule has 3 heterocycles. The van der Waals surface area contributed by atoms with Crippen LogP contribution in [-0.4, -0.2) is 82.4 Å². The first-order valence-corrected chi connectivity index (χ1v) is 10.8. The van der Waals surface area contributed by atoms with Gasteiger partial charge in [-0.3, -0.25) is 9.78 Å². The molecule has 13 heteroatoms. The highest BCUT2D eigenvalue weighted by Crippen LogP contribution is 2.31. The smallest absolute Gasteiger partial charge is 0.449 e. The zero-order valence-electron chi connectivity index (χ0n) is 19.9. The summed E-state index contributed by atoms with van der Waals surface area (Å²) in [6.45, 7) is -0.457. The van der Waals surface area contributed by atoms with Crippen molar-refractivity contribution in [3.63, 3.8) is 0 Å². The van der Waals surface area contributed by atoms with Crippen LogP contribution in [0.3, 0.4) is 0 Å². The Kier molecular flexibility index (Phi) is 6.39. The predicted molar refractivity (Wildman–Crippen MR) is 127 cm³/mol. The molecule has 0 bridgehead atoms. The molecule has 2 atom stereocenters. The van der Waals surface area contributed by atoms with Crippen LogP contribution < -0.4 is 10.6 Å². The number of hydrogen-bond donors (Lipinski definition) is 2. The molecule has 2 aromatic heterocycles. The van der Waals surface area contributed by atoms with E-state index in [1.54, 1.807) is 49.5 Å². The summed E-state index contributed by atoms with van der Waals surface area (Å²) in [5.41, 5.74) is 5.16. The van der Waals surface area contributed by atoms with E-state index in [9.17, 15) is 27.9 Å². The molecule has 1 unspecified atom stereocenters. The Morgan fingerprint density at radius 3 is 2.70 bits per heavy atom. The van der Waals surface area contributed by atoms with E-state index in [0.29, 0.717) is 39.4 Å². The molecule has 0 radical (unpaired) electrons. The van der Waals surface area contributed by atoms with Gasteiger partial charge in [-0.15, -0.1) is 0 Å². The number of anilines is 2. The van der Waals surface area contributed by atoms with Gasteiger partial charge in [0.2, 0.25) is 5.60 Å². The van der Waals surface area contributed by atoms with E-state index in [4.69, 9.17) is 5.73 Å². The van der Waals surface area contributed by atoms with Gasteiger partial charge in [0.25, 0.3) is 5.91 Å². The van der Waals surface area contributed by atoms with Gasteiger partial charge in [-0.05, 0) is 18.1 Å². The van der Waals surface area contributed by atoms with E-state index < -0.39 is 36.3 Å². The monoisotopic (exact) mass is 514 g/mol. The summed E-state index contributed by atoms with van der Waals surface area (Å²) >= 11 is 0. The summed E-state index contributed by atoms with van der Waals surface area (Å²) in [6.07, 6.45) is -4.08. The van der Waals surface area contributed by atoms with Crippen LogP contribution in [0.1, 0.15) is 5.56 Å². The van der Waals surface area contributed by atoms with Crippen LogP contribution >= 0.6 is 0 Å². The lowest BCUT2D eigenvalue weighted by Gasteiger charge is -2.21. The minimum absolute atomic E-state index is 0.301. The molecule has 0 spiro atoms. The number of carbonyl (C=O) groups is 2. The molecule has 1 aliphatic heterocycles. The van der Waals surface area contributed by atoms with Crippen molar-refractivity contribution in [3.8, 4) is 23.2 Å². The minimum Gasteiger partial charge on any atom is -0.449 e. The third-order valence-electron chi connectivity index (χ3n) is 5.62. The molecule has 1 saturated heterocycles. The molecule has 3 N–H and O–H groups in total. The largest absolute Gasteiger partial charge is 0.490 e. The maximum Gasteiger partial charge on any atom is 0.490 e. The standard InChI is InChI=1S/C24H21F3N6O4/c1-32(2)20-18-15(28)10-29-11-16(18)30-19(31-20)14-6-4-5-13(9-14)7-8-23(36)17(12-33(3)21(23)34)37-22(35)24(25,26)27/h4-6,9-11,17,36H,12,28H2,1-3H3/t17?,23-/m1/s1. The van der Waals surface area contributed by atoms with Crippen LogP contribution in [0.25, 0.3) is 22.3 Å². The fourth-order valence-electron chi connectivity index (χ4n) is 3.79. The number of hydrogen-bond acceptors (Lipinski definition) is 9. The summed E-state index contributed by atoms with van der Waals surface area (Å²) < 4.78 is 42.4. The Morgan fingerprint density at radius 2 is 2.03 bits per heavy atom. The number of alkyl halides is 3. The molecule has 4 rings (SSSR count). The van der Waals surface area contributed by atoms with E-state index in [1.807, 2.05) is 0 Å². The summed E-state index contributed by atoms with van der Waals surface area (Å²) in [5, 5.41) is 11.5. The van der Waals surface area contributed by atoms with Gasteiger partial charge in [0.15, 0.2) is 11.9 Å². The second kappa shape index (κ2) is 9.21. The molecular weight excluding hydrogens is 493 g/mol. The third kappa shape index (κ3) is 4.83. The van der Waals surface area contributed by atoms with E-state index in [-0.39, 0.29) is 0 Å². The quantitative estimate of drug-likeness (QED) is 0.393. The topological polar surface area (TPSA) is 135 Å². The van der Waals surface area contributed by atoms with Crippen molar-refractivity contribution in [1.29, 1.82) is 0 Å². The molecule has 10 nitrogen and oxygen atoms in total. The molecule has 0 aliphatic carbocycles. The minimum atomic E-state index is -5.29. The molecule has 1 aromatic carbocycles. The number of halogens is 3. The first-order valence-electron chi connectivity index (χ1n) is 10.8. The Morgan fingerprint density at radius 1 is 1.30 bits per heavy atom. The highest BCUT2D eigenvalue weighted by molar-refractivity contribution is 5.99. The lowest BCUT2D eigenvalue weighted by molar-refractivity contribution is -0.209. The highest BCUT2D eigenvalue weighted by atomic mass is 19.4. The Hall–Kier alpha value is -4.44. The Balaban J connectivity index is 1.71. The van der Waals surface area contributed by atoms with Crippen molar-refractivity contribution < 1.29 is 32.6 Å². The average molecular weight is 514 g/mol. The molecule has 1 aliphatic rings. The summed E-state index contributed by atoms with van der Waals surface area (Å²) in [4.78, 5) is 39.7. The number of rotatable bonds is 3. The molecular formula is C24H21F3N6O4. The zero-order valence-corrected chi connectivity index (χ0v) is 19.9. The van der Waals surface area contributed by atoms with Crippen molar-refractivity contribution in [3.05, 3.63) is 42.2 Å². The van der Waals surface area contributed by atoms with Crippen LogP contribution in [0.4, 0.5) is 24.7 Å². The van der Waals surface area contributed by atoms with Gasteiger partial charge in [0, 0.05) is 32.3 Å². The maximum atomic E-state index is 12.7. The van der Waals surface area contributed by atoms with Crippen LogP contribution in [-0.2, 0) is 14.3 Å². The van der Waals surface area contributed by atoms with Gasteiger partial charge in [-0.25, -0.2) is 14.8 Å². The van der Waals surface area contributed by atoms with E-state index >= 15 is 0 Å². The SMILES string of the molecule is CN1CC(OC(=O)C(F)(F)F)[C@](O)(C#Cc2cccc(-c3nc(N(C)C)c4c(N)cncc4n3)c2)C1=O. The van der Waals surface area contributed by atoms with E-state index in [2.05, 4.69) is 31.5 Å². The molecule has 3 aromatic rings. The number of likely N-dealkylation sites (tertiary alicyclic amines) is 1. The highest BCUT2D eigenvalue weighted by Gasteiger charge is 2.56. The summed E-state index contributed by atoms with van der Waals surface area (Å²) in [6, 6.07) is 6.49. The number of amides is 1. The maximum absolute atomic E-state index is 12.7. The van der Waals surface area contributed by atoms with Crippen molar-refractivity contribution in [1.82, 2.24) is 19.9 Å². The molecule has 1 amide bonds. The molecule has 192 valence electrons. The Labute approximate surface area is 208 Å². The van der Waals surface area contributed by atoms with Gasteiger partial charge in [0.1, 0.15) is 5.82 Å². The molecule has 37 heavy (non-hydrogen) atoms. The number of carbonyl (C=O) groups excluding carboxylic acids is 2. The van der Waals surface area contributed by atoms with Crippen LogP contribution in [0.5, 0.6) is 0 Å². The second-order valence-electron chi connectivity index (χ2n) is 8.56. The number of benzene rings is 1. The number of nitrogen functional groups attached to an aromatic ring is 1. The van der Waals surface area contributed by atoms with Crippen molar-refractivity contribution in [2.75, 3.05) is 38.3 Å². The third-order valence-corrected chi connectivity index (χ3v) is 5.62. The predicted octanol–water partition coefficient (Wildman–Crippen LogP) is 1.37. The zero-order chi connectivity index (χ0) is 27.1. The lowest BCUT2D eigenvalue weighted by atomic mass is 9.99. The number of ether oxygens (including phenoxy) is 1. The molecule has 0 saturated carbocycles. The van der Waals surface area contributed by atoms with Gasteiger partial charge < -0.3 is 25.4 Å². The number of aliphatic hydroxyl groups is 1. The van der Waals surface area contributed by atoms with Crippen molar-refractivity contribution >= 4 is 34.3 Å². The normalized spacial score (nSPS) is 19.5. The summed E-state index contributed by atoms with van der Waals surface area (Å²) in [5.74, 6) is 2.25. The summed E-state index contributed by atoms with van der Waals surface area (Å²) in [7, 11) is 4.84. The van der Waals surface area contributed by atoms with Crippen molar-refractivity contribution in [2.45, 2.75) is 17.9 Å². The number of esters is 1. The number of likely N-dealkylation sites (N-methyl/N-ethyl adjacent to an activating group) is 1. The van der Waals surface area contributed by atoms with Gasteiger partial charge >= 0.3 is 12.1 Å². The van der Waals surface area contributed by atoms with Gasteiger partial charge in [-0.1, -0.05) is 18.1 Å². The fraction of sp³-hybridized carbons (Fsp3) is 0.292. The lowest BCUT2D eigenvalue weighted by Crippen LogP contribution is -2.47. The average Bonchev–Trinajstić information content (AvgIpc) is 3.05. The Bertz CT molecular complexity index is 1470. The number of nitrogens with two attached hydrogens (primary N) is 1. The molecule has 1 fully saturated rings. The number of fused-ring (bicyclic) bond motifs is 1. The number of nitrogens with zero attached hydrogens (tertiary/aromatic N) is 5. The van der Waals surface area contributed by atoms with Crippen molar-refractivity contribution in [2.24, 2.45) is 0 Å².